The molecule has 1 saturated carbocycles. The van der Waals surface area contributed by atoms with Crippen molar-refractivity contribution >= 4 is 29.1 Å². The van der Waals surface area contributed by atoms with Gasteiger partial charge >= 0.3 is 0 Å². The molecule has 2 N–H and O–H groups in total. The summed E-state index contributed by atoms with van der Waals surface area (Å²) in [6.07, 6.45) is 0. The molecular weight excluding hydrogens is 364 g/mol. The van der Waals surface area contributed by atoms with Crippen LogP contribution in [0.3, 0.4) is 0 Å². The van der Waals surface area contributed by atoms with Crippen LogP contribution in [0.2, 0.25) is 5.02 Å². The standard InChI is InChI=1S/C21H21ClN2O3/c1-21(2)17(11-4-6-14-12(8-11)10-23-19(14)25)18(21)20(26)24-15-9-13(22)5-7-16(15)27-3/h4-9,17-18H,10H2,1-3H3,(H,23,25)(H,24,26). The summed E-state index contributed by atoms with van der Waals surface area (Å²) >= 11 is 6.06. The molecule has 6 heteroatoms. The summed E-state index contributed by atoms with van der Waals surface area (Å²) in [4.78, 5) is 24.7. The first-order valence-electron chi connectivity index (χ1n) is 8.88. The molecule has 0 aromatic heterocycles. The van der Waals surface area contributed by atoms with Crippen LogP contribution in [0.25, 0.3) is 0 Å². The number of ether oxygens (including phenoxy) is 1. The highest BCUT2D eigenvalue weighted by Gasteiger charge is 2.62. The second kappa shape index (κ2) is 6.27. The number of nitrogens with one attached hydrogen (secondary N) is 2. The molecule has 0 bridgehead atoms. The van der Waals surface area contributed by atoms with E-state index in [1.165, 1.54) is 0 Å². The Morgan fingerprint density at radius 1 is 1.26 bits per heavy atom. The average molecular weight is 385 g/mol. The predicted molar refractivity (Wildman–Crippen MR) is 104 cm³/mol. The first-order chi connectivity index (χ1) is 12.8. The van der Waals surface area contributed by atoms with E-state index >= 15 is 0 Å². The van der Waals surface area contributed by atoms with E-state index in [0.717, 1.165) is 16.7 Å². The van der Waals surface area contributed by atoms with Gasteiger partial charge in [-0.2, -0.15) is 0 Å². The summed E-state index contributed by atoms with van der Waals surface area (Å²) < 4.78 is 5.31. The minimum absolute atomic E-state index is 0.0334. The lowest BCUT2D eigenvalue weighted by molar-refractivity contribution is -0.118. The third-order valence-electron chi connectivity index (χ3n) is 5.70. The first-order valence-corrected chi connectivity index (χ1v) is 9.26. The molecule has 0 radical (unpaired) electrons. The number of amides is 2. The monoisotopic (exact) mass is 384 g/mol. The van der Waals surface area contributed by atoms with Crippen molar-refractivity contribution in [1.82, 2.24) is 5.32 Å². The smallest absolute Gasteiger partial charge is 0.251 e. The SMILES string of the molecule is COc1ccc(Cl)cc1NC(=O)C1C(c2ccc3c(c2)CNC3=O)C1(C)C. The van der Waals surface area contributed by atoms with Crippen molar-refractivity contribution in [3.8, 4) is 5.75 Å². The lowest BCUT2D eigenvalue weighted by atomic mass is 9.99. The van der Waals surface area contributed by atoms with Crippen LogP contribution in [0.4, 0.5) is 5.69 Å². The fourth-order valence-electron chi connectivity index (χ4n) is 4.18. The van der Waals surface area contributed by atoms with Crippen LogP contribution in [0, 0.1) is 11.3 Å². The van der Waals surface area contributed by atoms with Crippen molar-refractivity contribution in [2.24, 2.45) is 11.3 Å². The van der Waals surface area contributed by atoms with E-state index in [9.17, 15) is 9.59 Å². The van der Waals surface area contributed by atoms with Crippen LogP contribution in [0.15, 0.2) is 36.4 Å². The molecule has 0 spiro atoms. The van der Waals surface area contributed by atoms with E-state index in [4.69, 9.17) is 16.3 Å². The van der Waals surface area contributed by atoms with E-state index in [1.807, 2.05) is 18.2 Å². The van der Waals surface area contributed by atoms with E-state index in [-0.39, 0.29) is 29.1 Å². The van der Waals surface area contributed by atoms with Gasteiger partial charge in [0.2, 0.25) is 5.91 Å². The van der Waals surface area contributed by atoms with Crippen molar-refractivity contribution in [3.63, 3.8) is 0 Å². The van der Waals surface area contributed by atoms with Gasteiger partial charge in [-0.05, 0) is 40.8 Å². The zero-order valence-corrected chi connectivity index (χ0v) is 16.2. The normalized spacial score (nSPS) is 22.0. The van der Waals surface area contributed by atoms with Crippen molar-refractivity contribution < 1.29 is 14.3 Å². The molecule has 4 rings (SSSR count). The minimum Gasteiger partial charge on any atom is -0.495 e. The Balaban J connectivity index is 1.57. The Morgan fingerprint density at radius 3 is 2.78 bits per heavy atom. The number of carbonyl (C=O) groups excluding carboxylic acids is 2. The molecular formula is C21H21ClN2O3. The van der Waals surface area contributed by atoms with E-state index in [0.29, 0.717) is 23.0 Å². The summed E-state index contributed by atoms with van der Waals surface area (Å²) in [5.41, 5.74) is 3.21. The van der Waals surface area contributed by atoms with Crippen molar-refractivity contribution in [2.75, 3.05) is 12.4 Å². The van der Waals surface area contributed by atoms with Gasteiger partial charge in [0.05, 0.1) is 18.7 Å². The topological polar surface area (TPSA) is 67.4 Å². The number of fused-ring (bicyclic) bond motifs is 1. The summed E-state index contributed by atoms with van der Waals surface area (Å²) in [6.45, 7) is 4.73. The third-order valence-corrected chi connectivity index (χ3v) is 5.94. The number of hydrogen-bond acceptors (Lipinski definition) is 3. The molecule has 2 aromatic carbocycles. The molecule has 2 aromatic rings. The highest BCUT2D eigenvalue weighted by atomic mass is 35.5. The van der Waals surface area contributed by atoms with Gasteiger partial charge < -0.3 is 15.4 Å². The minimum atomic E-state index is -0.166. The largest absolute Gasteiger partial charge is 0.495 e. The van der Waals surface area contributed by atoms with Gasteiger partial charge in [0.25, 0.3) is 5.91 Å². The molecule has 1 fully saturated rings. The summed E-state index contributed by atoms with van der Waals surface area (Å²) in [7, 11) is 1.56. The molecule has 1 aliphatic carbocycles. The Kier molecular flexibility index (Phi) is 4.15. The molecule has 1 heterocycles. The van der Waals surface area contributed by atoms with Crippen molar-refractivity contribution in [3.05, 3.63) is 58.1 Å². The number of anilines is 1. The summed E-state index contributed by atoms with van der Waals surface area (Å²) in [5, 5.41) is 6.33. The molecule has 5 nitrogen and oxygen atoms in total. The maximum atomic E-state index is 13.0. The molecule has 140 valence electrons. The number of rotatable bonds is 4. The van der Waals surface area contributed by atoms with Crippen LogP contribution >= 0.6 is 11.6 Å². The van der Waals surface area contributed by atoms with Gasteiger partial charge in [0.1, 0.15) is 5.75 Å². The zero-order chi connectivity index (χ0) is 19.3. The summed E-state index contributed by atoms with van der Waals surface area (Å²) in [5.74, 6) is 0.423. The highest BCUT2D eigenvalue weighted by Crippen LogP contribution is 2.64. The fourth-order valence-corrected chi connectivity index (χ4v) is 4.36. The Hall–Kier alpha value is -2.53. The quantitative estimate of drug-likeness (QED) is 0.838. The van der Waals surface area contributed by atoms with Crippen molar-refractivity contribution in [2.45, 2.75) is 26.3 Å². The van der Waals surface area contributed by atoms with Crippen LogP contribution in [0.5, 0.6) is 5.75 Å². The Bertz CT molecular complexity index is 954. The molecule has 2 aliphatic rings. The van der Waals surface area contributed by atoms with E-state index in [1.54, 1.807) is 25.3 Å². The number of hydrogen-bond donors (Lipinski definition) is 2. The lowest BCUT2D eigenvalue weighted by Gasteiger charge is -2.11. The Morgan fingerprint density at radius 2 is 2.04 bits per heavy atom. The van der Waals surface area contributed by atoms with Gasteiger partial charge in [-0.3, -0.25) is 9.59 Å². The number of carbonyl (C=O) groups is 2. The van der Waals surface area contributed by atoms with Gasteiger partial charge in [0, 0.05) is 23.0 Å². The lowest BCUT2D eigenvalue weighted by Crippen LogP contribution is -2.17. The maximum Gasteiger partial charge on any atom is 0.251 e. The van der Waals surface area contributed by atoms with Crippen LogP contribution in [-0.2, 0) is 11.3 Å². The molecule has 2 unspecified atom stereocenters. The van der Waals surface area contributed by atoms with E-state index < -0.39 is 0 Å². The van der Waals surface area contributed by atoms with E-state index in [2.05, 4.69) is 24.5 Å². The fraction of sp³-hybridized carbons (Fsp3) is 0.333. The third kappa shape index (κ3) is 2.96. The number of benzene rings is 2. The summed E-state index contributed by atoms with van der Waals surface area (Å²) in [6, 6.07) is 11.0. The number of methoxy groups -OCH3 is 1. The maximum absolute atomic E-state index is 13.0. The second-order valence-corrected chi connectivity index (χ2v) is 8.15. The van der Waals surface area contributed by atoms with Crippen LogP contribution in [-0.4, -0.2) is 18.9 Å². The second-order valence-electron chi connectivity index (χ2n) is 7.71. The molecule has 2 amide bonds. The average Bonchev–Trinajstić information content (AvgIpc) is 3.02. The predicted octanol–water partition coefficient (Wildman–Crippen LogP) is 3.97. The Labute approximate surface area is 163 Å². The number of halogens is 1. The molecule has 0 saturated heterocycles. The van der Waals surface area contributed by atoms with Gasteiger partial charge in [0.15, 0.2) is 0 Å². The van der Waals surface area contributed by atoms with Gasteiger partial charge in [-0.25, -0.2) is 0 Å². The highest BCUT2D eigenvalue weighted by molar-refractivity contribution is 6.31. The van der Waals surface area contributed by atoms with Gasteiger partial charge in [-0.15, -0.1) is 0 Å². The first kappa shape index (κ1) is 17.9. The zero-order valence-electron chi connectivity index (χ0n) is 15.4. The molecule has 2 atom stereocenters. The van der Waals surface area contributed by atoms with Crippen molar-refractivity contribution in [1.29, 1.82) is 0 Å². The van der Waals surface area contributed by atoms with Crippen LogP contribution in [0.1, 0.15) is 41.3 Å². The van der Waals surface area contributed by atoms with Crippen LogP contribution < -0.4 is 15.4 Å². The molecule has 1 aliphatic heterocycles. The van der Waals surface area contributed by atoms with Gasteiger partial charge in [-0.1, -0.05) is 37.6 Å². The molecule has 27 heavy (non-hydrogen) atoms.